The number of carboxylic acids is 1. The van der Waals surface area contributed by atoms with Crippen LogP contribution < -0.4 is 10.2 Å². The van der Waals surface area contributed by atoms with Crippen LogP contribution in [0, 0.1) is 10.1 Å². The van der Waals surface area contributed by atoms with Crippen molar-refractivity contribution in [1.82, 2.24) is 5.43 Å². The van der Waals surface area contributed by atoms with Gasteiger partial charge in [0.05, 0.1) is 11.1 Å². The van der Waals surface area contributed by atoms with Gasteiger partial charge in [-0.2, -0.15) is 5.10 Å². The highest BCUT2D eigenvalue weighted by Gasteiger charge is 2.09. The van der Waals surface area contributed by atoms with Crippen molar-refractivity contribution in [2.45, 2.75) is 0 Å². The van der Waals surface area contributed by atoms with E-state index in [9.17, 15) is 19.7 Å². The lowest BCUT2D eigenvalue weighted by molar-refractivity contribution is -0.384. The molecule has 2 N–H and O–H groups in total. The van der Waals surface area contributed by atoms with E-state index in [1.54, 1.807) is 24.3 Å². The van der Waals surface area contributed by atoms with Crippen LogP contribution in [0.1, 0.15) is 15.9 Å². The Labute approximate surface area is 141 Å². The summed E-state index contributed by atoms with van der Waals surface area (Å²) < 4.78 is 5.11. The summed E-state index contributed by atoms with van der Waals surface area (Å²) in [6, 6.07) is 11.6. The van der Waals surface area contributed by atoms with E-state index in [2.05, 4.69) is 10.5 Å². The summed E-state index contributed by atoms with van der Waals surface area (Å²) >= 11 is 0. The molecule has 9 nitrogen and oxygen atoms in total. The number of amides is 1. The van der Waals surface area contributed by atoms with E-state index in [0.29, 0.717) is 11.3 Å². The molecule has 0 radical (unpaired) electrons. The topological polar surface area (TPSA) is 131 Å². The molecule has 0 aliphatic carbocycles. The molecule has 128 valence electrons. The number of nitro groups is 1. The number of carbonyl (C=O) groups is 2. The average molecular weight is 343 g/mol. The van der Waals surface area contributed by atoms with Gasteiger partial charge in [-0.1, -0.05) is 12.1 Å². The van der Waals surface area contributed by atoms with Crippen LogP contribution in [0.4, 0.5) is 5.69 Å². The summed E-state index contributed by atoms with van der Waals surface area (Å²) in [4.78, 5) is 32.5. The Hall–Kier alpha value is -3.75. The predicted octanol–water partition coefficient (Wildman–Crippen LogP) is 1.82. The lowest BCUT2D eigenvalue weighted by atomic mass is 10.2. The molecule has 25 heavy (non-hydrogen) atoms. The number of hydrogen-bond donors (Lipinski definition) is 2. The number of rotatable bonds is 7. The van der Waals surface area contributed by atoms with Crippen molar-refractivity contribution >= 4 is 23.8 Å². The molecule has 1 amide bonds. The highest BCUT2D eigenvalue weighted by atomic mass is 16.6. The molecule has 0 aliphatic heterocycles. The number of benzene rings is 2. The number of aliphatic carboxylic acids is 1. The number of carbonyl (C=O) groups excluding carboxylic acids is 1. The van der Waals surface area contributed by atoms with Crippen molar-refractivity contribution in [3.05, 3.63) is 69.8 Å². The van der Waals surface area contributed by atoms with Crippen LogP contribution in [0.3, 0.4) is 0 Å². The van der Waals surface area contributed by atoms with E-state index in [-0.39, 0.29) is 11.3 Å². The number of non-ortho nitro benzene ring substituents is 1. The van der Waals surface area contributed by atoms with Crippen LogP contribution in [0.15, 0.2) is 53.6 Å². The Bertz CT molecular complexity index is 817. The molecule has 0 heterocycles. The zero-order valence-electron chi connectivity index (χ0n) is 12.8. The molecule has 0 aliphatic rings. The molecule has 2 aromatic carbocycles. The van der Waals surface area contributed by atoms with Gasteiger partial charge >= 0.3 is 5.97 Å². The largest absolute Gasteiger partial charge is 0.481 e. The highest BCUT2D eigenvalue weighted by molar-refractivity contribution is 5.95. The van der Waals surface area contributed by atoms with E-state index in [1.165, 1.54) is 30.5 Å². The van der Waals surface area contributed by atoms with E-state index in [1.807, 2.05) is 0 Å². The molecule has 0 atom stereocenters. The van der Waals surface area contributed by atoms with Gasteiger partial charge in [0.25, 0.3) is 11.6 Å². The summed E-state index contributed by atoms with van der Waals surface area (Å²) in [5.74, 6) is -1.36. The number of ether oxygens (including phenoxy) is 1. The minimum Gasteiger partial charge on any atom is -0.481 e. The Morgan fingerprint density at radius 3 is 2.52 bits per heavy atom. The second-order valence-electron chi connectivity index (χ2n) is 4.72. The van der Waals surface area contributed by atoms with Crippen molar-refractivity contribution in [2.75, 3.05) is 6.61 Å². The molecule has 2 rings (SSSR count). The van der Waals surface area contributed by atoms with Crippen molar-refractivity contribution in [3.8, 4) is 5.75 Å². The number of hydrogen-bond acceptors (Lipinski definition) is 6. The number of carboxylic acid groups (broad SMARTS) is 1. The average Bonchev–Trinajstić information content (AvgIpc) is 2.60. The maximum absolute atomic E-state index is 11.9. The lowest BCUT2D eigenvalue weighted by Gasteiger charge is -2.06. The van der Waals surface area contributed by atoms with Crippen LogP contribution >= 0.6 is 0 Å². The zero-order valence-corrected chi connectivity index (χ0v) is 12.8. The number of nitrogens with one attached hydrogen (secondary N) is 1. The Kier molecular flexibility index (Phi) is 5.77. The molecule has 0 unspecified atom stereocenters. The van der Waals surface area contributed by atoms with Crippen LogP contribution in [-0.4, -0.2) is 34.7 Å². The Morgan fingerprint density at radius 1 is 1.20 bits per heavy atom. The van der Waals surface area contributed by atoms with Gasteiger partial charge in [-0.3, -0.25) is 14.9 Å². The third-order valence-corrected chi connectivity index (χ3v) is 2.98. The summed E-state index contributed by atoms with van der Waals surface area (Å²) in [7, 11) is 0. The fourth-order valence-corrected chi connectivity index (χ4v) is 1.82. The second kappa shape index (κ2) is 8.20. The first kappa shape index (κ1) is 17.6. The van der Waals surface area contributed by atoms with Crippen LogP contribution in [-0.2, 0) is 4.79 Å². The minimum atomic E-state index is -1.11. The number of nitrogens with zero attached hydrogens (tertiary/aromatic N) is 2. The molecule has 2 aromatic rings. The maximum atomic E-state index is 11.9. The summed E-state index contributed by atoms with van der Waals surface area (Å²) in [5.41, 5.74) is 2.84. The van der Waals surface area contributed by atoms with Gasteiger partial charge in [0.1, 0.15) is 5.75 Å². The fraction of sp³-hybridized carbons (Fsp3) is 0.0625. The van der Waals surface area contributed by atoms with Gasteiger partial charge in [0, 0.05) is 23.3 Å². The first-order valence-corrected chi connectivity index (χ1v) is 6.99. The normalized spacial score (nSPS) is 10.4. The van der Waals surface area contributed by atoms with Gasteiger partial charge < -0.3 is 9.84 Å². The number of nitro benzene ring substituents is 1. The smallest absolute Gasteiger partial charge is 0.341 e. The number of para-hydroxylation sites is 1. The van der Waals surface area contributed by atoms with Crippen LogP contribution in [0.25, 0.3) is 0 Å². The zero-order chi connectivity index (χ0) is 18.2. The molecule has 0 bridgehead atoms. The Balaban J connectivity index is 2.01. The third-order valence-electron chi connectivity index (χ3n) is 2.98. The van der Waals surface area contributed by atoms with Gasteiger partial charge in [0.2, 0.25) is 0 Å². The fourth-order valence-electron chi connectivity index (χ4n) is 1.82. The van der Waals surface area contributed by atoms with Crippen molar-refractivity contribution < 1.29 is 24.4 Å². The summed E-state index contributed by atoms with van der Waals surface area (Å²) in [6.45, 7) is -0.500. The lowest BCUT2D eigenvalue weighted by Crippen LogP contribution is -2.17. The first-order valence-electron chi connectivity index (χ1n) is 6.99. The van der Waals surface area contributed by atoms with Crippen LogP contribution in [0.5, 0.6) is 5.75 Å². The molecule has 0 saturated carbocycles. The van der Waals surface area contributed by atoms with E-state index in [0.717, 1.165) is 0 Å². The summed E-state index contributed by atoms with van der Waals surface area (Å²) in [6.07, 6.45) is 1.31. The number of hydrazone groups is 1. The van der Waals surface area contributed by atoms with Gasteiger partial charge in [-0.05, 0) is 24.3 Å². The molecule has 0 aromatic heterocycles. The standard InChI is InChI=1S/C16H13N3O6/c20-15(21)10-25-14-4-2-1-3-12(14)9-17-18-16(22)11-5-7-13(8-6-11)19(23)24/h1-9H,10H2,(H,18,22)(H,20,21)/b17-9+. The van der Waals surface area contributed by atoms with Crippen molar-refractivity contribution in [2.24, 2.45) is 5.10 Å². The Morgan fingerprint density at radius 2 is 1.88 bits per heavy atom. The monoisotopic (exact) mass is 343 g/mol. The quantitative estimate of drug-likeness (QED) is 0.448. The van der Waals surface area contributed by atoms with E-state index >= 15 is 0 Å². The van der Waals surface area contributed by atoms with Gasteiger partial charge in [-0.25, -0.2) is 10.2 Å². The van der Waals surface area contributed by atoms with Gasteiger partial charge in [0.15, 0.2) is 6.61 Å². The maximum Gasteiger partial charge on any atom is 0.341 e. The van der Waals surface area contributed by atoms with E-state index < -0.39 is 23.4 Å². The van der Waals surface area contributed by atoms with E-state index in [4.69, 9.17) is 9.84 Å². The SMILES string of the molecule is O=C(O)COc1ccccc1/C=N/NC(=O)c1ccc([N+](=O)[O-])cc1. The summed E-state index contributed by atoms with van der Waals surface area (Å²) in [5, 5.41) is 23.0. The second-order valence-corrected chi connectivity index (χ2v) is 4.72. The van der Waals surface area contributed by atoms with Gasteiger partial charge in [-0.15, -0.1) is 0 Å². The molecular weight excluding hydrogens is 330 g/mol. The van der Waals surface area contributed by atoms with Crippen LogP contribution in [0.2, 0.25) is 0 Å². The minimum absolute atomic E-state index is 0.121. The molecule has 0 spiro atoms. The molecule has 0 fully saturated rings. The predicted molar refractivity (Wildman–Crippen MR) is 87.7 cm³/mol. The molecular formula is C16H13N3O6. The van der Waals surface area contributed by atoms with Crippen molar-refractivity contribution in [1.29, 1.82) is 0 Å². The third kappa shape index (κ3) is 5.13. The molecule has 0 saturated heterocycles. The highest BCUT2D eigenvalue weighted by Crippen LogP contribution is 2.15. The first-order chi connectivity index (χ1) is 12.0. The molecule has 9 heteroatoms. The van der Waals surface area contributed by atoms with Crippen molar-refractivity contribution in [3.63, 3.8) is 0 Å².